The third-order valence-corrected chi connectivity index (χ3v) is 6.41. The van der Waals surface area contributed by atoms with Gasteiger partial charge in [0.05, 0.1) is 13.7 Å². The molecule has 3 aromatic rings. The van der Waals surface area contributed by atoms with E-state index < -0.39 is 5.97 Å². The summed E-state index contributed by atoms with van der Waals surface area (Å²) in [6.07, 6.45) is 0. The van der Waals surface area contributed by atoms with Crippen LogP contribution in [0.25, 0.3) is 0 Å². The zero-order chi connectivity index (χ0) is 21.8. The van der Waals surface area contributed by atoms with E-state index >= 15 is 0 Å². The number of aromatic nitrogens is 3. The summed E-state index contributed by atoms with van der Waals surface area (Å²) in [6.45, 7) is 4.53. The molecule has 0 radical (unpaired) electrons. The van der Waals surface area contributed by atoms with Crippen LogP contribution in [0.1, 0.15) is 16.1 Å². The summed E-state index contributed by atoms with van der Waals surface area (Å²) in [5.74, 6) is -0.318. The fourth-order valence-corrected chi connectivity index (χ4v) is 4.37. The molecule has 8 nitrogen and oxygen atoms in total. The van der Waals surface area contributed by atoms with Gasteiger partial charge in [-0.2, -0.15) is 0 Å². The van der Waals surface area contributed by atoms with Gasteiger partial charge >= 0.3 is 5.97 Å². The van der Waals surface area contributed by atoms with Crippen LogP contribution in [-0.4, -0.2) is 71.3 Å². The number of carbonyl (C=O) groups is 1. The molecule has 0 saturated carbocycles. The number of rotatable bonds is 7. The van der Waals surface area contributed by atoms with Crippen LogP contribution in [0.4, 0.5) is 5.69 Å². The molecule has 9 heteroatoms. The number of methoxy groups -OCH3 is 1. The highest BCUT2D eigenvalue weighted by molar-refractivity contribution is 7.99. The van der Waals surface area contributed by atoms with Gasteiger partial charge in [0.25, 0.3) is 0 Å². The molecule has 1 aliphatic rings. The minimum absolute atomic E-state index is 0.0401. The number of anilines is 1. The molecule has 0 spiro atoms. The number of carboxylic acids is 1. The third kappa shape index (κ3) is 5.00. The largest absolute Gasteiger partial charge is 0.497 e. The van der Waals surface area contributed by atoms with E-state index in [4.69, 9.17) is 4.74 Å². The lowest BCUT2D eigenvalue weighted by atomic mass is 10.2. The second-order valence-electron chi connectivity index (χ2n) is 7.44. The molecule has 2 heterocycles. The fraction of sp³-hybridized carbons (Fsp3) is 0.318. The average molecular weight is 440 g/mol. The van der Waals surface area contributed by atoms with E-state index in [2.05, 4.69) is 39.3 Å². The molecule has 1 saturated heterocycles. The number of likely N-dealkylation sites (N-methyl/N-ethyl adjacent to an activating group) is 1. The quantitative estimate of drug-likeness (QED) is 0.602. The van der Waals surface area contributed by atoms with E-state index in [1.807, 2.05) is 36.4 Å². The highest BCUT2D eigenvalue weighted by atomic mass is 32.2. The Balaban J connectivity index is 1.52. The highest BCUT2D eigenvalue weighted by Crippen LogP contribution is 2.32. The molecule has 162 valence electrons. The summed E-state index contributed by atoms with van der Waals surface area (Å²) in [7, 11) is 3.76. The van der Waals surface area contributed by atoms with Gasteiger partial charge in [0.1, 0.15) is 10.8 Å². The summed E-state index contributed by atoms with van der Waals surface area (Å²) in [5.41, 5.74) is 2.12. The number of piperazine rings is 1. The molecule has 2 aromatic carbocycles. The van der Waals surface area contributed by atoms with Crippen LogP contribution in [0.3, 0.4) is 0 Å². The van der Waals surface area contributed by atoms with E-state index in [1.165, 1.54) is 17.4 Å². The first-order chi connectivity index (χ1) is 15.0. The van der Waals surface area contributed by atoms with Crippen LogP contribution in [0.15, 0.2) is 58.5 Å². The maximum absolute atomic E-state index is 11.7. The number of hydrogen-bond acceptors (Lipinski definition) is 7. The zero-order valence-electron chi connectivity index (χ0n) is 17.6. The summed E-state index contributed by atoms with van der Waals surface area (Å²) >= 11 is 1.36. The molecule has 0 amide bonds. The predicted octanol–water partition coefficient (Wildman–Crippen LogP) is 2.94. The van der Waals surface area contributed by atoms with Gasteiger partial charge in [-0.1, -0.05) is 29.1 Å². The number of aromatic carboxylic acids is 1. The summed E-state index contributed by atoms with van der Waals surface area (Å²) in [4.78, 5) is 17.3. The molecule has 1 aliphatic heterocycles. The average Bonchev–Trinajstić information content (AvgIpc) is 3.18. The van der Waals surface area contributed by atoms with Crippen LogP contribution in [0.2, 0.25) is 0 Å². The van der Waals surface area contributed by atoms with E-state index in [1.54, 1.807) is 11.8 Å². The Morgan fingerprint density at radius 2 is 1.74 bits per heavy atom. The Morgan fingerprint density at radius 1 is 1.06 bits per heavy atom. The molecule has 4 rings (SSSR count). The van der Waals surface area contributed by atoms with Crippen molar-refractivity contribution in [3.8, 4) is 5.75 Å². The summed E-state index contributed by atoms with van der Waals surface area (Å²) in [6, 6.07) is 15.8. The Morgan fingerprint density at radius 3 is 2.35 bits per heavy atom. The van der Waals surface area contributed by atoms with Gasteiger partial charge < -0.3 is 19.6 Å². The Bertz CT molecular complexity index is 1030. The molecule has 31 heavy (non-hydrogen) atoms. The van der Waals surface area contributed by atoms with Crippen LogP contribution >= 0.6 is 11.8 Å². The molecule has 0 unspecified atom stereocenters. The lowest BCUT2D eigenvalue weighted by Crippen LogP contribution is -2.44. The minimum atomic E-state index is -1.09. The maximum Gasteiger partial charge on any atom is 0.359 e. The third-order valence-electron chi connectivity index (χ3n) is 5.30. The topological polar surface area (TPSA) is 83.7 Å². The van der Waals surface area contributed by atoms with Crippen LogP contribution in [-0.2, 0) is 6.54 Å². The molecule has 1 N–H and O–H groups in total. The Labute approximate surface area is 185 Å². The van der Waals surface area contributed by atoms with Crippen LogP contribution in [0, 0.1) is 0 Å². The molecule has 1 fully saturated rings. The van der Waals surface area contributed by atoms with Gasteiger partial charge in [-0.15, -0.1) is 5.10 Å². The first-order valence-corrected chi connectivity index (χ1v) is 10.9. The van der Waals surface area contributed by atoms with E-state index in [0.29, 0.717) is 11.6 Å². The van der Waals surface area contributed by atoms with Crippen molar-refractivity contribution in [3.63, 3.8) is 0 Å². The van der Waals surface area contributed by atoms with Crippen molar-refractivity contribution >= 4 is 23.4 Å². The van der Waals surface area contributed by atoms with Gasteiger partial charge in [-0.3, -0.25) is 0 Å². The fourth-order valence-electron chi connectivity index (χ4n) is 3.45. The molecule has 0 bridgehead atoms. The SMILES string of the molecule is COc1ccc(Cn2nnc(C(=O)O)c2Sc2ccc(N3CCN(C)CC3)cc2)cc1. The lowest BCUT2D eigenvalue weighted by molar-refractivity contribution is 0.0686. The van der Waals surface area contributed by atoms with Gasteiger partial charge in [0.15, 0.2) is 0 Å². The van der Waals surface area contributed by atoms with Crippen molar-refractivity contribution < 1.29 is 14.6 Å². The Hall–Kier alpha value is -3.04. The van der Waals surface area contributed by atoms with Gasteiger partial charge in [0, 0.05) is 36.8 Å². The second kappa shape index (κ2) is 9.40. The van der Waals surface area contributed by atoms with Crippen molar-refractivity contribution in [1.29, 1.82) is 0 Å². The van der Waals surface area contributed by atoms with E-state index in [0.717, 1.165) is 42.4 Å². The van der Waals surface area contributed by atoms with E-state index in [-0.39, 0.29) is 5.69 Å². The zero-order valence-corrected chi connectivity index (χ0v) is 18.4. The van der Waals surface area contributed by atoms with Gasteiger partial charge in [-0.25, -0.2) is 9.48 Å². The standard InChI is InChI=1S/C22H25N5O3S/c1-25-11-13-26(14-12-25)17-5-9-19(10-6-17)31-21-20(22(28)29)23-24-27(21)15-16-3-7-18(30-2)8-4-16/h3-10H,11-15H2,1-2H3,(H,28,29). The second-order valence-corrected chi connectivity index (χ2v) is 8.50. The smallest absolute Gasteiger partial charge is 0.359 e. The lowest BCUT2D eigenvalue weighted by Gasteiger charge is -2.34. The first-order valence-electron chi connectivity index (χ1n) is 10.0. The molecule has 0 aliphatic carbocycles. The summed E-state index contributed by atoms with van der Waals surface area (Å²) < 4.78 is 6.82. The monoisotopic (exact) mass is 439 g/mol. The molecule has 1 aromatic heterocycles. The number of nitrogens with zero attached hydrogens (tertiary/aromatic N) is 5. The van der Waals surface area contributed by atoms with Crippen molar-refractivity contribution in [2.24, 2.45) is 0 Å². The van der Waals surface area contributed by atoms with Crippen LogP contribution in [0.5, 0.6) is 5.75 Å². The highest BCUT2D eigenvalue weighted by Gasteiger charge is 2.21. The molecular weight excluding hydrogens is 414 g/mol. The van der Waals surface area contributed by atoms with Gasteiger partial charge in [0.2, 0.25) is 5.69 Å². The maximum atomic E-state index is 11.7. The number of benzene rings is 2. The van der Waals surface area contributed by atoms with Crippen molar-refractivity contribution in [1.82, 2.24) is 19.9 Å². The molecular formula is C22H25N5O3S. The van der Waals surface area contributed by atoms with Crippen molar-refractivity contribution in [2.75, 3.05) is 45.2 Å². The van der Waals surface area contributed by atoms with E-state index in [9.17, 15) is 9.90 Å². The first kappa shape index (κ1) is 21.2. The Kier molecular flexibility index (Phi) is 6.43. The van der Waals surface area contributed by atoms with Crippen molar-refractivity contribution in [3.05, 3.63) is 59.8 Å². The van der Waals surface area contributed by atoms with Crippen LogP contribution < -0.4 is 9.64 Å². The van der Waals surface area contributed by atoms with Crippen molar-refractivity contribution in [2.45, 2.75) is 16.5 Å². The summed E-state index contributed by atoms with van der Waals surface area (Å²) in [5, 5.41) is 18.1. The number of ether oxygens (including phenoxy) is 1. The number of carboxylic acid groups (broad SMARTS) is 1. The minimum Gasteiger partial charge on any atom is -0.497 e. The number of hydrogen-bond donors (Lipinski definition) is 1. The molecule has 0 atom stereocenters. The van der Waals surface area contributed by atoms with Gasteiger partial charge in [-0.05, 0) is 49.0 Å². The predicted molar refractivity (Wildman–Crippen MR) is 119 cm³/mol. The normalized spacial score (nSPS) is 14.6.